The molecule has 0 amide bonds. The van der Waals surface area contributed by atoms with Crippen LogP contribution in [0.25, 0.3) is 0 Å². The Balaban J connectivity index is 1.99. The molecule has 1 N–H and O–H groups in total. The van der Waals surface area contributed by atoms with E-state index in [-0.39, 0.29) is 11.5 Å². The smallest absolute Gasteiger partial charge is 0.242 e. The SMILES string of the molecule is CC1CC1CN(C)S(=O)(=O)c1ccc(OCCCO)cc1. The summed E-state index contributed by atoms with van der Waals surface area (Å²) in [5.74, 6) is 1.73. The third-order valence-corrected chi connectivity index (χ3v) is 5.71. The molecule has 1 aliphatic carbocycles. The molecule has 5 nitrogen and oxygen atoms in total. The Kier molecular flexibility index (Phi) is 5.24. The van der Waals surface area contributed by atoms with E-state index in [2.05, 4.69) is 6.92 Å². The molecular weight excluding hydrogens is 290 g/mol. The van der Waals surface area contributed by atoms with Gasteiger partial charge >= 0.3 is 0 Å². The first kappa shape index (κ1) is 16.3. The lowest BCUT2D eigenvalue weighted by atomic mass is 10.3. The predicted molar refractivity (Wildman–Crippen MR) is 80.7 cm³/mol. The van der Waals surface area contributed by atoms with Crippen LogP contribution >= 0.6 is 0 Å². The van der Waals surface area contributed by atoms with Gasteiger partial charge in [-0.3, -0.25) is 0 Å². The second-order valence-electron chi connectivity index (χ2n) is 5.66. The lowest BCUT2D eigenvalue weighted by Gasteiger charge is -2.17. The van der Waals surface area contributed by atoms with Crippen LogP contribution in [0.3, 0.4) is 0 Å². The number of hydrogen-bond donors (Lipinski definition) is 1. The van der Waals surface area contributed by atoms with Gasteiger partial charge < -0.3 is 9.84 Å². The second-order valence-corrected chi connectivity index (χ2v) is 7.70. The Labute approximate surface area is 126 Å². The van der Waals surface area contributed by atoms with Crippen molar-refractivity contribution < 1.29 is 18.3 Å². The lowest BCUT2D eigenvalue weighted by molar-refractivity contribution is 0.233. The average Bonchev–Trinajstić information content (AvgIpc) is 3.15. The number of benzene rings is 1. The first-order chi connectivity index (χ1) is 9.95. The van der Waals surface area contributed by atoms with Crippen molar-refractivity contribution in [2.45, 2.75) is 24.7 Å². The van der Waals surface area contributed by atoms with Crippen molar-refractivity contribution in [1.82, 2.24) is 4.31 Å². The summed E-state index contributed by atoms with van der Waals surface area (Å²) in [5.41, 5.74) is 0. The number of aliphatic hydroxyl groups excluding tert-OH is 1. The Morgan fingerprint density at radius 3 is 2.48 bits per heavy atom. The molecular formula is C15H23NO4S. The third kappa shape index (κ3) is 4.18. The van der Waals surface area contributed by atoms with Gasteiger partial charge in [0.05, 0.1) is 11.5 Å². The van der Waals surface area contributed by atoms with E-state index in [0.717, 1.165) is 6.42 Å². The van der Waals surface area contributed by atoms with Gasteiger partial charge in [0.25, 0.3) is 0 Å². The summed E-state index contributed by atoms with van der Waals surface area (Å²) in [6.07, 6.45) is 1.67. The van der Waals surface area contributed by atoms with Crippen LogP contribution in [0.4, 0.5) is 0 Å². The minimum absolute atomic E-state index is 0.0802. The molecule has 1 fully saturated rings. The summed E-state index contributed by atoms with van der Waals surface area (Å²) in [6.45, 7) is 3.22. The molecule has 0 aliphatic heterocycles. The van der Waals surface area contributed by atoms with E-state index >= 15 is 0 Å². The summed E-state index contributed by atoms with van der Waals surface area (Å²) < 4.78 is 31.7. The predicted octanol–water partition coefficient (Wildman–Crippen LogP) is 1.72. The van der Waals surface area contributed by atoms with Crippen molar-refractivity contribution in [3.63, 3.8) is 0 Å². The van der Waals surface area contributed by atoms with Gasteiger partial charge in [0.1, 0.15) is 5.75 Å². The molecule has 2 rings (SSSR count). The van der Waals surface area contributed by atoms with E-state index in [0.29, 0.717) is 37.2 Å². The van der Waals surface area contributed by atoms with E-state index in [1.54, 1.807) is 31.3 Å². The third-order valence-electron chi connectivity index (χ3n) is 3.87. The number of rotatable bonds is 8. The normalized spacial score (nSPS) is 21.5. The van der Waals surface area contributed by atoms with Gasteiger partial charge in [-0.05, 0) is 42.5 Å². The first-order valence-electron chi connectivity index (χ1n) is 7.25. The maximum absolute atomic E-state index is 12.4. The molecule has 6 heteroatoms. The molecule has 0 heterocycles. The fourth-order valence-corrected chi connectivity index (χ4v) is 3.45. The minimum Gasteiger partial charge on any atom is -0.494 e. The quantitative estimate of drug-likeness (QED) is 0.742. The van der Waals surface area contributed by atoms with E-state index in [9.17, 15) is 8.42 Å². The Morgan fingerprint density at radius 2 is 1.95 bits per heavy atom. The highest BCUT2D eigenvalue weighted by Gasteiger charge is 2.36. The van der Waals surface area contributed by atoms with E-state index in [1.165, 1.54) is 4.31 Å². The van der Waals surface area contributed by atoms with Crippen LogP contribution in [-0.2, 0) is 10.0 Å². The van der Waals surface area contributed by atoms with E-state index in [1.807, 2.05) is 0 Å². The van der Waals surface area contributed by atoms with E-state index < -0.39 is 10.0 Å². The molecule has 0 bridgehead atoms. The summed E-state index contributed by atoms with van der Waals surface area (Å²) in [7, 11) is -1.79. The first-order valence-corrected chi connectivity index (χ1v) is 8.69. The average molecular weight is 313 g/mol. The van der Waals surface area contributed by atoms with Crippen LogP contribution in [0.5, 0.6) is 5.75 Å². The number of nitrogens with zero attached hydrogens (tertiary/aromatic N) is 1. The summed E-state index contributed by atoms with van der Waals surface area (Å²) in [4.78, 5) is 0.285. The zero-order valence-electron chi connectivity index (χ0n) is 12.5. The summed E-state index contributed by atoms with van der Waals surface area (Å²) in [5, 5.41) is 8.69. The molecule has 0 radical (unpaired) electrons. The van der Waals surface area contributed by atoms with Crippen molar-refractivity contribution in [2.75, 3.05) is 26.8 Å². The van der Waals surface area contributed by atoms with Crippen molar-refractivity contribution in [2.24, 2.45) is 11.8 Å². The van der Waals surface area contributed by atoms with Gasteiger partial charge in [-0.2, -0.15) is 0 Å². The van der Waals surface area contributed by atoms with Crippen molar-refractivity contribution in [3.05, 3.63) is 24.3 Å². The highest BCUT2D eigenvalue weighted by Crippen LogP contribution is 2.38. The van der Waals surface area contributed by atoms with E-state index in [4.69, 9.17) is 9.84 Å². The van der Waals surface area contributed by atoms with Crippen LogP contribution in [0, 0.1) is 11.8 Å². The lowest BCUT2D eigenvalue weighted by Crippen LogP contribution is -2.29. The molecule has 1 aliphatic rings. The molecule has 1 aromatic carbocycles. The fourth-order valence-electron chi connectivity index (χ4n) is 2.22. The maximum Gasteiger partial charge on any atom is 0.242 e. The molecule has 21 heavy (non-hydrogen) atoms. The topological polar surface area (TPSA) is 66.8 Å². The Hall–Kier alpha value is -1.11. The molecule has 0 saturated heterocycles. The highest BCUT2D eigenvalue weighted by molar-refractivity contribution is 7.89. The molecule has 1 aromatic rings. The molecule has 2 atom stereocenters. The van der Waals surface area contributed by atoms with Gasteiger partial charge in [-0.1, -0.05) is 6.92 Å². The maximum atomic E-state index is 12.4. The Bertz CT molecular complexity index is 556. The van der Waals surface area contributed by atoms with Crippen LogP contribution in [-0.4, -0.2) is 44.6 Å². The zero-order chi connectivity index (χ0) is 15.5. The Morgan fingerprint density at radius 1 is 1.33 bits per heavy atom. The highest BCUT2D eigenvalue weighted by atomic mass is 32.2. The van der Waals surface area contributed by atoms with Crippen LogP contribution in [0.2, 0.25) is 0 Å². The zero-order valence-corrected chi connectivity index (χ0v) is 13.3. The summed E-state index contributed by atoms with van der Waals surface area (Å²) >= 11 is 0. The van der Waals surface area contributed by atoms with Crippen LogP contribution < -0.4 is 4.74 Å². The molecule has 118 valence electrons. The van der Waals surface area contributed by atoms with Gasteiger partial charge in [0.15, 0.2) is 0 Å². The monoisotopic (exact) mass is 313 g/mol. The molecule has 0 aromatic heterocycles. The van der Waals surface area contributed by atoms with Gasteiger partial charge in [-0.15, -0.1) is 0 Å². The summed E-state index contributed by atoms with van der Waals surface area (Å²) in [6, 6.07) is 6.43. The molecule has 0 spiro atoms. The number of sulfonamides is 1. The van der Waals surface area contributed by atoms with Crippen LogP contribution in [0.15, 0.2) is 29.2 Å². The number of aliphatic hydroxyl groups is 1. The fraction of sp³-hybridized carbons (Fsp3) is 0.600. The van der Waals surface area contributed by atoms with Crippen molar-refractivity contribution in [1.29, 1.82) is 0 Å². The molecule has 1 saturated carbocycles. The van der Waals surface area contributed by atoms with Crippen molar-refractivity contribution >= 4 is 10.0 Å². The van der Waals surface area contributed by atoms with Crippen LogP contribution in [0.1, 0.15) is 19.8 Å². The number of ether oxygens (including phenoxy) is 1. The van der Waals surface area contributed by atoms with Gasteiger partial charge in [-0.25, -0.2) is 12.7 Å². The van der Waals surface area contributed by atoms with Gasteiger partial charge in [0.2, 0.25) is 10.0 Å². The molecule has 2 unspecified atom stereocenters. The van der Waals surface area contributed by atoms with Gasteiger partial charge in [0, 0.05) is 26.6 Å². The standard InChI is InChI=1S/C15H23NO4S/c1-12-10-13(12)11-16(2)21(18,19)15-6-4-14(5-7-15)20-9-3-8-17/h4-7,12-13,17H,3,8-11H2,1-2H3. The van der Waals surface area contributed by atoms with Crippen molar-refractivity contribution in [3.8, 4) is 5.75 Å². The largest absolute Gasteiger partial charge is 0.494 e. The second kappa shape index (κ2) is 6.77. The number of hydrogen-bond acceptors (Lipinski definition) is 4. The minimum atomic E-state index is -3.42.